The number of aryl methyl sites for hydroxylation is 1. The molecule has 184 valence electrons. The van der Waals surface area contributed by atoms with Crippen LogP contribution >= 0.6 is 0 Å². The summed E-state index contributed by atoms with van der Waals surface area (Å²) in [6, 6.07) is 24.5. The van der Waals surface area contributed by atoms with Gasteiger partial charge in [0.25, 0.3) is 0 Å². The van der Waals surface area contributed by atoms with Crippen LogP contribution in [-0.4, -0.2) is 25.9 Å². The van der Waals surface area contributed by atoms with Crippen molar-refractivity contribution in [2.75, 3.05) is 6.61 Å². The fourth-order valence-corrected chi connectivity index (χ4v) is 4.21. The minimum absolute atomic E-state index is 0.217. The Bertz CT molecular complexity index is 1630. The summed E-state index contributed by atoms with van der Waals surface area (Å²) in [4.78, 5) is 4.68. The molecule has 0 aliphatic rings. The summed E-state index contributed by atoms with van der Waals surface area (Å²) >= 11 is 0. The molecule has 5 rings (SSSR count). The van der Waals surface area contributed by atoms with Crippen LogP contribution in [-0.2, 0) is 7.05 Å². The molecular weight excluding hydrogens is 465 g/mol. The SMILES string of the molecule is CCCCOc1ccc(-c2nn(-c3ccccc3)cc2/C=C(\C#N)c2nc3ccccc3n2C)cc1F. The third-order valence-electron chi connectivity index (χ3n) is 6.17. The molecule has 3 aromatic carbocycles. The monoisotopic (exact) mass is 491 g/mol. The first-order chi connectivity index (χ1) is 18.1. The Morgan fingerprint density at radius 2 is 1.86 bits per heavy atom. The Kier molecular flexibility index (Phi) is 6.82. The predicted molar refractivity (Wildman–Crippen MR) is 144 cm³/mol. The lowest BCUT2D eigenvalue weighted by Crippen LogP contribution is -1.99. The summed E-state index contributed by atoms with van der Waals surface area (Å²) in [5.41, 5.74) is 4.78. The zero-order valence-electron chi connectivity index (χ0n) is 20.7. The molecular formula is C30H26FN5O. The molecule has 7 heteroatoms. The van der Waals surface area contributed by atoms with E-state index < -0.39 is 5.82 Å². The molecule has 0 bridgehead atoms. The van der Waals surface area contributed by atoms with E-state index in [0.717, 1.165) is 29.6 Å². The van der Waals surface area contributed by atoms with Gasteiger partial charge in [-0.1, -0.05) is 43.7 Å². The highest BCUT2D eigenvalue weighted by molar-refractivity contribution is 5.93. The third-order valence-corrected chi connectivity index (χ3v) is 6.17. The molecule has 0 N–H and O–H groups in total. The van der Waals surface area contributed by atoms with Gasteiger partial charge in [-0.15, -0.1) is 0 Å². The van der Waals surface area contributed by atoms with Crippen molar-refractivity contribution in [2.24, 2.45) is 7.05 Å². The lowest BCUT2D eigenvalue weighted by molar-refractivity contribution is 0.294. The average Bonchev–Trinajstić information content (AvgIpc) is 3.50. The molecule has 0 unspecified atom stereocenters. The van der Waals surface area contributed by atoms with Crippen molar-refractivity contribution in [1.29, 1.82) is 5.26 Å². The number of halogens is 1. The molecule has 0 aliphatic heterocycles. The van der Waals surface area contributed by atoms with Crippen molar-refractivity contribution in [1.82, 2.24) is 19.3 Å². The number of unbranched alkanes of at least 4 members (excludes halogenated alkanes) is 1. The number of hydrogen-bond donors (Lipinski definition) is 0. The van der Waals surface area contributed by atoms with Gasteiger partial charge in [0.05, 0.1) is 28.9 Å². The molecule has 5 aromatic rings. The number of ether oxygens (including phenoxy) is 1. The van der Waals surface area contributed by atoms with Crippen molar-refractivity contribution >= 4 is 22.7 Å². The van der Waals surface area contributed by atoms with Crippen molar-refractivity contribution < 1.29 is 9.13 Å². The van der Waals surface area contributed by atoms with E-state index in [9.17, 15) is 9.65 Å². The molecule has 0 amide bonds. The standard InChI is InChI=1S/C30H26FN5O/c1-3-4-16-37-28-15-14-21(18-25(28)31)29-23(20-36(34-29)24-10-6-5-7-11-24)17-22(19-32)30-33-26-12-8-9-13-27(26)35(30)2/h5-15,17-18,20H,3-4,16H2,1-2H3/b22-17+. The van der Waals surface area contributed by atoms with E-state index in [4.69, 9.17) is 9.84 Å². The number of nitrogens with zero attached hydrogens (tertiary/aromatic N) is 5. The van der Waals surface area contributed by atoms with Crippen LogP contribution in [0.5, 0.6) is 5.75 Å². The van der Waals surface area contributed by atoms with Crippen LogP contribution in [0.2, 0.25) is 0 Å². The Labute approximate surface area is 214 Å². The second-order valence-electron chi connectivity index (χ2n) is 8.71. The van der Waals surface area contributed by atoms with E-state index in [2.05, 4.69) is 18.0 Å². The molecule has 0 saturated heterocycles. The summed E-state index contributed by atoms with van der Waals surface area (Å²) in [6.07, 6.45) is 5.43. The lowest BCUT2D eigenvalue weighted by atomic mass is 10.1. The van der Waals surface area contributed by atoms with Gasteiger partial charge in [0.2, 0.25) is 0 Å². The second kappa shape index (κ2) is 10.5. The predicted octanol–water partition coefficient (Wildman–Crippen LogP) is 6.81. The van der Waals surface area contributed by atoms with Crippen molar-refractivity contribution in [3.8, 4) is 28.8 Å². The first-order valence-electron chi connectivity index (χ1n) is 12.2. The maximum Gasteiger partial charge on any atom is 0.165 e. The Balaban J connectivity index is 1.62. The normalized spacial score (nSPS) is 11.6. The highest BCUT2D eigenvalue weighted by atomic mass is 19.1. The first-order valence-corrected chi connectivity index (χ1v) is 12.2. The summed E-state index contributed by atoms with van der Waals surface area (Å²) < 4.78 is 24.2. The van der Waals surface area contributed by atoms with Crippen LogP contribution in [0.1, 0.15) is 31.2 Å². The van der Waals surface area contributed by atoms with E-state index in [0.29, 0.717) is 34.8 Å². The number of benzene rings is 3. The largest absolute Gasteiger partial charge is 0.491 e. The van der Waals surface area contributed by atoms with E-state index in [1.807, 2.05) is 72.4 Å². The number of para-hydroxylation sites is 3. The van der Waals surface area contributed by atoms with E-state index >= 15 is 0 Å². The molecule has 2 heterocycles. The molecule has 0 fully saturated rings. The van der Waals surface area contributed by atoms with Crippen LogP contribution in [0, 0.1) is 17.1 Å². The van der Waals surface area contributed by atoms with Crippen LogP contribution in [0.25, 0.3) is 39.6 Å². The Morgan fingerprint density at radius 1 is 1.08 bits per heavy atom. The van der Waals surface area contributed by atoms with Gasteiger partial charge >= 0.3 is 0 Å². The highest BCUT2D eigenvalue weighted by Gasteiger charge is 2.17. The minimum Gasteiger partial charge on any atom is -0.491 e. The number of hydrogen-bond acceptors (Lipinski definition) is 4. The van der Waals surface area contributed by atoms with E-state index in [1.165, 1.54) is 6.07 Å². The van der Waals surface area contributed by atoms with Crippen LogP contribution in [0.15, 0.2) is 79.0 Å². The Hall–Kier alpha value is -4.70. The molecule has 0 spiro atoms. The lowest BCUT2D eigenvalue weighted by Gasteiger charge is -2.08. The number of fused-ring (bicyclic) bond motifs is 1. The zero-order chi connectivity index (χ0) is 25.8. The number of aromatic nitrogens is 4. The summed E-state index contributed by atoms with van der Waals surface area (Å²) in [7, 11) is 1.89. The quantitative estimate of drug-likeness (QED) is 0.177. The van der Waals surface area contributed by atoms with E-state index in [-0.39, 0.29) is 5.75 Å². The van der Waals surface area contributed by atoms with Gasteiger partial charge in [-0.2, -0.15) is 10.4 Å². The van der Waals surface area contributed by atoms with Gasteiger partial charge in [-0.25, -0.2) is 14.1 Å². The van der Waals surface area contributed by atoms with Crippen LogP contribution < -0.4 is 4.74 Å². The number of nitriles is 1. The van der Waals surface area contributed by atoms with Gasteiger partial charge in [-0.3, -0.25) is 0 Å². The third kappa shape index (κ3) is 4.87. The Morgan fingerprint density at radius 3 is 2.59 bits per heavy atom. The smallest absolute Gasteiger partial charge is 0.165 e. The summed E-state index contributed by atoms with van der Waals surface area (Å²) in [6.45, 7) is 2.52. The van der Waals surface area contributed by atoms with Crippen LogP contribution in [0.3, 0.4) is 0 Å². The molecule has 37 heavy (non-hydrogen) atoms. The first kappa shape index (κ1) is 24.0. The van der Waals surface area contributed by atoms with Gasteiger partial charge in [-0.05, 0) is 55.0 Å². The van der Waals surface area contributed by atoms with Gasteiger partial charge < -0.3 is 9.30 Å². The fraction of sp³-hybridized carbons (Fsp3) is 0.167. The van der Waals surface area contributed by atoms with Gasteiger partial charge in [0.1, 0.15) is 11.8 Å². The van der Waals surface area contributed by atoms with Crippen molar-refractivity contribution in [3.05, 3.63) is 96.2 Å². The molecule has 0 aliphatic carbocycles. The molecule has 2 aromatic heterocycles. The van der Waals surface area contributed by atoms with Gasteiger partial charge in [0, 0.05) is 24.4 Å². The molecule has 0 saturated carbocycles. The fourth-order valence-electron chi connectivity index (χ4n) is 4.21. The number of allylic oxidation sites excluding steroid dienone is 1. The molecule has 0 radical (unpaired) electrons. The minimum atomic E-state index is -0.450. The van der Waals surface area contributed by atoms with Crippen molar-refractivity contribution in [2.45, 2.75) is 19.8 Å². The number of rotatable bonds is 8. The summed E-state index contributed by atoms with van der Waals surface area (Å²) in [5.74, 6) is 0.316. The second-order valence-corrected chi connectivity index (χ2v) is 8.71. The van der Waals surface area contributed by atoms with Crippen molar-refractivity contribution in [3.63, 3.8) is 0 Å². The maximum absolute atomic E-state index is 14.9. The average molecular weight is 492 g/mol. The van der Waals surface area contributed by atoms with E-state index in [1.54, 1.807) is 22.9 Å². The van der Waals surface area contributed by atoms with Gasteiger partial charge in [0.15, 0.2) is 17.4 Å². The maximum atomic E-state index is 14.9. The molecule has 6 nitrogen and oxygen atoms in total. The highest BCUT2D eigenvalue weighted by Crippen LogP contribution is 2.31. The molecule has 0 atom stereocenters. The zero-order valence-corrected chi connectivity index (χ0v) is 20.7. The summed E-state index contributed by atoms with van der Waals surface area (Å²) in [5, 5.41) is 14.9. The number of imidazole rings is 1. The topological polar surface area (TPSA) is 68.7 Å². The van der Waals surface area contributed by atoms with Crippen LogP contribution in [0.4, 0.5) is 4.39 Å².